The van der Waals surface area contributed by atoms with Crippen LogP contribution in [-0.2, 0) is 10.0 Å². The molecule has 0 aliphatic carbocycles. The number of rotatable bonds is 3. The summed E-state index contributed by atoms with van der Waals surface area (Å²) in [6, 6.07) is 3.29. The minimum absolute atomic E-state index is 0.00516. The van der Waals surface area contributed by atoms with Gasteiger partial charge in [-0.1, -0.05) is 11.6 Å². The average molecular weight is 322 g/mol. The summed E-state index contributed by atoms with van der Waals surface area (Å²) < 4.78 is 39.6. The van der Waals surface area contributed by atoms with Gasteiger partial charge in [-0.15, -0.1) is 0 Å². The van der Waals surface area contributed by atoms with E-state index in [-0.39, 0.29) is 22.4 Å². The van der Waals surface area contributed by atoms with Crippen molar-refractivity contribution in [2.45, 2.75) is 30.8 Å². The first-order valence-corrected chi connectivity index (χ1v) is 8.27. The summed E-state index contributed by atoms with van der Waals surface area (Å²) in [4.78, 5) is -0.217. The molecular formula is C13H17ClFNO3S. The second-order valence-electron chi connectivity index (χ2n) is 5.08. The fourth-order valence-corrected chi connectivity index (χ4v) is 4.42. The Labute approximate surface area is 123 Å². The molecule has 0 aromatic heterocycles. The zero-order chi connectivity index (χ0) is 14.9. The number of nitrogens with zero attached hydrogens (tertiary/aromatic N) is 1. The maximum Gasteiger partial charge on any atom is 0.244 e. The van der Waals surface area contributed by atoms with Crippen LogP contribution in [0.4, 0.5) is 4.39 Å². The molecule has 0 saturated carbocycles. The maximum atomic E-state index is 13.3. The molecule has 0 amide bonds. The molecule has 1 fully saturated rings. The van der Waals surface area contributed by atoms with Gasteiger partial charge in [-0.3, -0.25) is 0 Å². The van der Waals surface area contributed by atoms with Gasteiger partial charge in [-0.25, -0.2) is 12.8 Å². The van der Waals surface area contributed by atoms with Crippen LogP contribution in [0.2, 0.25) is 5.02 Å². The molecule has 1 heterocycles. The molecule has 20 heavy (non-hydrogen) atoms. The first-order valence-electron chi connectivity index (χ1n) is 6.45. The lowest BCUT2D eigenvalue weighted by Crippen LogP contribution is -2.42. The van der Waals surface area contributed by atoms with E-state index in [4.69, 9.17) is 11.6 Å². The van der Waals surface area contributed by atoms with Crippen molar-refractivity contribution in [1.29, 1.82) is 0 Å². The molecule has 1 aliphatic rings. The molecule has 7 heteroatoms. The van der Waals surface area contributed by atoms with Crippen molar-refractivity contribution in [3.05, 3.63) is 29.0 Å². The van der Waals surface area contributed by atoms with Crippen molar-refractivity contribution in [2.75, 3.05) is 13.1 Å². The topological polar surface area (TPSA) is 57.6 Å². The number of sulfonamides is 1. The number of benzene rings is 1. The Morgan fingerprint density at radius 2 is 2.20 bits per heavy atom. The lowest BCUT2D eigenvalue weighted by Gasteiger charge is -2.33. The minimum atomic E-state index is -3.83. The van der Waals surface area contributed by atoms with Crippen LogP contribution >= 0.6 is 11.6 Å². The zero-order valence-electron chi connectivity index (χ0n) is 11.1. The van der Waals surface area contributed by atoms with Gasteiger partial charge in [0, 0.05) is 13.1 Å². The van der Waals surface area contributed by atoms with E-state index in [1.54, 1.807) is 6.92 Å². The SMILES string of the molecule is CC(O)C1CCCN(S(=O)(=O)c2cc(F)ccc2Cl)C1. The van der Waals surface area contributed by atoms with Gasteiger partial charge in [0.05, 0.1) is 11.1 Å². The molecule has 1 N–H and O–H groups in total. The molecule has 1 aromatic carbocycles. The number of hydrogen-bond acceptors (Lipinski definition) is 3. The molecule has 112 valence electrons. The molecule has 2 unspecified atom stereocenters. The second-order valence-corrected chi connectivity index (χ2v) is 7.39. The smallest absolute Gasteiger partial charge is 0.244 e. The molecule has 0 bridgehead atoms. The van der Waals surface area contributed by atoms with E-state index in [1.807, 2.05) is 0 Å². The molecule has 2 atom stereocenters. The van der Waals surface area contributed by atoms with Crippen molar-refractivity contribution in [2.24, 2.45) is 5.92 Å². The Hall–Kier alpha value is -0.690. The number of hydrogen-bond donors (Lipinski definition) is 1. The van der Waals surface area contributed by atoms with E-state index in [0.717, 1.165) is 18.6 Å². The van der Waals surface area contributed by atoms with E-state index < -0.39 is 21.9 Å². The fraction of sp³-hybridized carbons (Fsp3) is 0.538. The Bertz CT molecular complexity index is 591. The summed E-state index contributed by atoms with van der Waals surface area (Å²) in [5.74, 6) is -0.747. The lowest BCUT2D eigenvalue weighted by molar-refractivity contribution is 0.0885. The molecular weight excluding hydrogens is 305 g/mol. The van der Waals surface area contributed by atoms with Gasteiger partial charge in [-0.2, -0.15) is 4.31 Å². The molecule has 0 spiro atoms. The van der Waals surface area contributed by atoms with Gasteiger partial charge in [0.2, 0.25) is 10.0 Å². The first kappa shape index (κ1) is 15.7. The first-order chi connectivity index (χ1) is 9.32. The monoisotopic (exact) mass is 321 g/mol. The highest BCUT2D eigenvalue weighted by Crippen LogP contribution is 2.29. The van der Waals surface area contributed by atoms with Gasteiger partial charge in [-0.05, 0) is 43.9 Å². The number of halogens is 2. The second kappa shape index (κ2) is 5.97. The molecule has 0 radical (unpaired) electrons. The average Bonchev–Trinajstić information content (AvgIpc) is 2.41. The van der Waals surface area contributed by atoms with Crippen LogP contribution in [0.1, 0.15) is 19.8 Å². The highest BCUT2D eigenvalue weighted by molar-refractivity contribution is 7.89. The maximum absolute atomic E-state index is 13.3. The largest absolute Gasteiger partial charge is 0.393 e. The van der Waals surface area contributed by atoms with Crippen molar-refractivity contribution >= 4 is 21.6 Å². The highest BCUT2D eigenvalue weighted by atomic mass is 35.5. The standard InChI is InChI=1S/C13H17ClFNO3S/c1-9(17)10-3-2-6-16(8-10)20(18,19)13-7-11(15)4-5-12(13)14/h4-5,7,9-10,17H,2-3,6,8H2,1H3. The van der Waals surface area contributed by atoms with Gasteiger partial charge >= 0.3 is 0 Å². The third-order valence-electron chi connectivity index (χ3n) is 3.61. The third kappa shape index (κ3) is 3.14. The molecule has 4 nitrogen and oxygen atoms in total. The Morgan fingerprint density at radius 3 is 2.85 bits per heavy atom. The fourth-order valence-electron chi connectivity index (χ4n) is 2.40. The number of aliphatic hydroxyl groups is 1. The number of piperidine rings is 1. The normalized spacial score (nSPS) is 22.7. The molecule has 2 rings (SSSR count). The summed E-state index contributed by atoms with van der Waals surface area (Å²) in [5.41, 5.74) is 0. The predicted molar refractivity (Wildman–Crippen MR) is 74.6 cm³/mol. The van der Waals surface area contributed by atoms with E-state index in [1.165, 1.54) is 10.4 Å². The van der Waals surface area contributed by atoms with Crippen LogP contribution in [0.3, 0.4) is 0 Å². The van der Waals surface area contributed by atoms with Crippen molar-refractivity contribution in [1.82, 2.24) is 4.31 Å². The molecule has 1 aromatic rings. The van der Waals surface area contributed by atoms with Crippen LogP contribution in [0.5, 0.6) is 0 Å². The third-order valence-corrected chi connectivity index (χ3v) is 5.96. The summed E-state index contributed by atoms with van der Waals surface area (Å²) in [5, 5.41) is 9.63. The van der Waals surface area contributed by atoms with Crippen molar-refractivity contribution < 1.29 is 17.9 Å². The number of aliphatic hydroxyl groups excluding tert-OH is 1. The van der Waals surface area contributed by atoms with Gasteiger partial charge in [0.25, 0.3) is 0 Å². The molecule has 1 saturated heterocycles. The van der Waals surface area contributed by atoms with Crippen LogP contribution in [0.15, 0.2) is 23.1 Å². The lowest BCUT2D eigenvalue weighted by atomic mass is 9.95. The van der Waals surface area contributed by atoms with Crippen LogP contribution in [-0.4, -0.2) is 37.0 Å². The van der Waals surface area contributed by atoms with Crippen molar-refractivity contribution in [3.8, 4) is 0 Å². The summed E-state index contributed by atoms with van der Waals surface area (Å²) in [7, 11) is -3.83. The molecule has 1 aliphatic heterocycles. The van der Waals surface area contributed by atoms with Crippen molar-refractivity contribution in [3.63, 3.8) is 0 Å². The highest BCUT2D eigenvalue weighted by Gasteiger charge is 2.33. The quantitative estimate of drug-likeness (QED) is 0.929. The van der Waals surface area contributed by atoms with Crippen LogP contribution < -0.4 is 0 Å². The van der Waals surface area contributed by atoms with Crippen LogP contribution in [0.25, 0.3) is 0 Å². The van der Waals surface area contributed by atoms with E-state index in [9.17, 15) is 17.9 Å². The Balaban J connectivity index is 2.32. The minimum Gasteiger partial charge on any atom is -0.393 e. The zero-order valence-corrected chi connectivity index (χ0v) is 12.7. The van der Waals surface area contributed by atoms with Gasteiger partial charge < -0.3 is 5.11 Å². The Kier molecular flexibility index (Phi) is 4.69. The van der Waals surface area contributed by atoms with E-state index in [2.05, 4.69) is 0 Å². The van der Waals surface area contributed by atoms with E-state index in [0.29, 0.717) is 13.0 Å². The Morgan fingerprint density at radius 1 is 1.50 bits per heavy atom. The predicted octanol–water partition coefficient (Wildman–Crippen LogP) is 2.26. The summed E-state index contributed by atoms with van der Waals surface area (Å²) in [6.45, 7) is 2.24. The van der Waals surface area contributed by atoms with E-state index >= 15 is 0 Å². The van der Waals surface area contributed by atoms with Gasteiger partial charge in [0.15, 0.2) is 0 Å². The van der Waals surface area contributed by atoms with Crippen LogP contribution in [0, 0.1) is 11.7 Å². The summed E-state index contributed by atoms with van der Waals surface area (Å²) >= 11 is 5.88. The summed E-state index contributed by atoms with van der Waals surface area (Å²) in [6.07, 6.45) is 0.874. The van der Waals surface area contributed by atoms with Gasteiger partial charge in [0.1, 0.15) is 10.7 Å².